The molecule has 0 aliphatic rings. The summed E-state index contributed by atoms with van der Waals surface area (Å²) >= 11 is 5.55. The van der Waals surface area contributed by atoms with Crippen LogP contribution in [0.25, 0.3) is 0 Å². The van der Waals surface area contributed by atoms with E-state index in [-0.39, 0.29) is 5.69 Å². The van der Waals surface area contributed by atoms with Crippen LogP contribution in [0.2, 0.25) is 0 Å². The highest BCUT2D eigenvalue weighted by molar-refractivity contribution is 6.29. The normalized spacial score (nSPS) is 9.93. The zero-order valence-electron chi connectivity index (χ0n) is 8.03. The van der Waals surface area contributed by atoms with E-state index in [1.807, 2.05) is 0 Å². The molecule has 1 heterocycles. The Morgan fingerprint density at radius 3 is 2.93 bits per heavy atom. The van der Waals surface area contributed by atoms with Gasteiger partial charge in [-0.2, -0.15) is 0 Å². The van der Waals surface area contributed by atoms with Crippen molar-refractivity contribution in [3.05, 3.63) is 41.2 Å². The van der Waals surface area contributed by atoms with Crippen molar-refractivity contribution >= 4 is 17.6 Å². The van der Waals surface area contributed by atoms with Gasteiger partial charge in [-0.25, -0.2) is 9.78 Å². The lowest BCUT2D eigenvalue weighted by atomic mass is 10.3. The quantitative estimate of drug-likeness (QED) is 0.801. The number of rotatable bonds is 5. The maximum Gasteiger partial charge on any atom is 0.354 e. The molecule has 2 N–H and O–H groups in total. The summed E-state index contributed by atoms with van der Waals surface area (Å²) in [5, 5.41) is 12.2. The molecule has 0 saturated heterocycles. The van der Waals surface area contributed by atoms with Crippen LogP contribution in [0.4, 0.5) is 0 Å². The number of nitrogens with one attached hydrogen (secondary N) is 1. The first kappa shape index (κ1) is 11.7. The zero-order chi connectivity index (χ0) is 11.3. The van der Waals surface area contributed by atoms with Gasteiger partial charge in [-0.15, -0.1) is 0 Å². The molecule has 80 valence electrons. The summed E-state index contributed by atoms with van der Waals surface area (Å²) in [5.74, 6) is -1.03. The van der Waals surface area contributed by atoms with E-state index in [2.05, 4.69) is 16.9 Å². The summed E-state index contributed by atoms with van der Waals surface area (Å²) in [4.78, 5) is 14.6. The number of hydrogen-bond donors (Lipinski definition) is 2. The van der Waals surface area contributed by atoms with Gasteiger partial charge in [0.25, 0.3) is 0 Å². The van der Waals surface area contributed by atoms with Crippen LogP contribution in [0.15, 0.2) is 29.8 Å². The van der Waals surface area contributed by atoms with Crippen molar-refractivity contribution in [2.75, 3.05) is 6.54 Å². The number of carbonyl (C=O) groups is 1. The second-order valence-electron chi connectivity index (χ2n) is 2.94. The summed E-state index contributed by atoms with van der Waals surface area (Å²) in [6, 6.07) is 4.85. The van der Waals surface area contributed by atoms with Crippen molar-refractivity contribution in [2.24, 2.45) is 0 Å². The molecule has 0 fully saturated rings. The van der Waals surface area contributed by atoms with Crippen LogP contribution >= 0.6 is 11.6 Å². The van der Waals surface area contributed by atoms with Gasteiger partial charge in [0, 0.05) is 18.1 Å². The Hall–Kier alpha value is -1.39. The first-order valence-electron chi connectivity index (χ1n) is 4.33. The molecule has 0 unspecified atom stereocenters. The van der Waals surface area contributed by atoms with Crippen LogP contribution < -0.4 is 5.32 Å². The molecule has 15 heavy (non-hydrogen) atoms. The van der Waals surface area contributed by atoms with Gasteiger partial charge in [-0.05, 0) is 12.1 Å². The molecule has 4 nitrogen and oxygen atoms in total. The topological polar surface area (TPSA) is 62.2 Å². The fraction of sp³-hybridized carbons (Fsp3) is 0.200. The Morgan fingerprint density at radius 1 is 1.60 bits per heavy atom. The average Bonchev–Trinajstić information content (AvgIpc) is 2.17. The minimum absolute atomic E-state index is 0.0407. The predicted octanol–water partition coefficient (Wildman–Crippen LogP) is 1.62. The summed E-state index contributed by atoms with van der Waals surface area (Å²) in [7, 11) is 0. The summed E-state index contributed by atoms with van der Waals surface area (Å²) in [6.45, 7) is 4.46. The maximum absolute atomic E-state index is 10.6. The van der Waals surface area contributed by atoms with Crippen molar-refractivity contribution in [1.82, 2.24) is 10.3 Å². The van der Waals surface area contributed by atoms with Crippen molar-refractivity contribution in [1.29, 1.82) is 0 Å². The fourth-order valence-electron chi connectivity index (χ4n) is 1.02. The van der Waals surface area contributed by atoms with Crippen molar-refractivity contribution in [2.45, 2.75) is 6.54 Å². The lowest BCUT2D eigenvalue weighted by Crippen LogP contribution is -2.16. The molecule has 0 aliphatic heterocycles. The van der Waals surface area contributed by atoms with Crippen molar-refractivity contribution in [3.8, 4) is 0 Å². The number of halogens is 1. The van der Waals surface area contributed by atoms with Crippen LogP contribution in [-0.4, -0.2) is 22.6 Å². The van der Waals surface area contributed by atoms with E-state index in [1.165, 1.54) is 6.07 Å². The van der Waals surface area contributed by atoms with Crippen LogP contribution in [-0.2, 0) is 6.54 Å². The minimum Gasteiger partial charge on any atom is -0.477 e. The summed E-state index contributed by atoms with van der Waals surface area (Å²) in [6.07, 6.45) is 0. The largest absolute Gasteiger partial charge is 0.477 e. The lowest BCUT2D eigenvalue weighted by molar-refractivity contribution is 0.0690. The minimum atomic E-state index is -1.03. The predicted molar refractivity (Wildman–Crippen MR) is 57.9 cm³/mol. The number of aromatic nitrogens is 1. The van der Waals surface area contributed by atoms with E-state index in [4.69, 9.17) is 16.7 Å². The van der Waals surface area contributed by atoms with E-state index >= 15 is 0 Å². The summed E-state index contributed by atoms with van der Waals surface area (Å²) in [5.41, 5.74) is 0.701. The third kappa shape index (κ3) is 4.10. The molecule has 0 aromatic carbocycles. The first-order valence-corrected chi connectivity index (χ1v) is 4.70. The number of nitrogens with zero attached hydrogens (tertiary/aromatic N) is 1. The van der Waals surface area contributed by atoms with Crippen LogP contribution in [0.3, 0.4) is 0 Å². The molecular formula is C10H11ClN2O2. The molecule has 0 saturated carbocycles. The second-order valence-corrected chi connectivity index (χ2v) is 3.47. The Bertz CT molecular complexity index is 379. The van der Waals surface area contributed by atoms with Gasteiger partial charge in [-0.1, -0.05) is 24.2 Å². The molecule has 0 radical (unpaired) electrons. The molecule has 1 rings (SSSR count). The third-order valence-corrected chi connectivity index (χ3v) is 1.78. The lowest BCUT2D eigenvalue weighted by Gasteiger charge is -2.03. The molecule has 0 bridgehead atoms. The van der Waals surface area contributed by atoms with Crippen molar-refractivity contribution < 1.29 is 9.90 Å². The van der Waals surface area contributed by atoms with Crippen LogP contribution in [0.1, 0.15) is 16.2 Å². The highest BCUT2D eigenvalue weighted by Crippen LogP contribution is 2.00. The van der Waals surface area contributed by atoms with Gasteiger partial charge < -0.3 is 10.4 Å². The van der Waals surface area contributed by atoms with E-state index in [0.717, 1.165) is 0 Å². The first-order chi connectivity index (χ1) is 7.09. The number of aromatic carboxylic acids is 1. The number of carboxylic acid groups (broad SMARTS) is 1. The average molecular weight is 227 g/mol. The Morgan fingerprint density at radius 2 is 2.33 bits per heavy atom. The highest BCUT2D eigenvalue weighted by Gasteiger charge is 2.04. The van der Waals surface area contributed by atoms with Gasteiger partial charge in [0.05, 0.1) is 5.69 Å². The van der Waals surface area contributed by atoms with Gasteiger partial charge in [-0.3, -0.25) is 0 Å². The maximum atomic E-state index is 10.6. The van der Waals surface area contributed by atoms with E-state index in [0.29, 0.717) is 23.8 Å². The molecule has 0 amide bonds. The van der Waals surface area contributed by atoms with Gasteiger partial charge in [0.1, 0.15) is 5.69 Å². The Kier molecular flexibility index (Phi) is 4.27. The molecular weight excluding hydrogens is 216 g/mol. The van der Waals surface area contributed by atoms with Crippen molar-refractivity contribution in [3.63, 3.8) is 0 Å². The van der Waals surface area contributed by atoms with Gasteiger partial charge >= 0.3 is 5.97 Å². The van der Waals surface area contributed by atoms with Crippen LogP contribution in [0.5, 0.6) is 0 Å². The number of hydrogen-bond acceptors (Lipinski definition) is 3. The van der Waals surface area contributed by atoms with E-state index in [9.17, 15) is 4.79 Å². The number of carboxylic acids is 1. The monoisotopic (exact) mass is 226 g/mol. The fourth-order valence-corrected chi connectivity index (χ4v) is 1.12. The third-order valence-electron chi connectivity index (χ3n) is 1.65. The van der Waals surface area contributed by atoms with Gasteiger partial charge in [0.15, 0.2) is 0 Å². The molecule has 1 aromatic rings. The highest BCUT2D eigenvalue weighted by atomic mass is 35.5. The Labute approximate surface area is 92.6 Å². The summed E-state index contributed by atoms with van der Waals surface area (Å²) < 4.78 is 0. The molecule has 0 atom stereocenters. The Balaban J connectivity index is 2.58. The molecule has 1 aromatic heterocycles. The molecule has 5 heteroatoms. The van der Waals surface area contributed by atoms with Gasteiger partial charge in [0.2, 0.25) is 0 Å². The zero-order valence-corrected chi connectivity index (χ0v) is 8.79. The second kappa shape index (κ2) is 5.48. The molecule has 0 spiro atoms. The van der Waals surface area contributed by atoms with E-state index in [1.54, 1.807) is 12.1 Å². The standard InChI is InChI=1S/C10H11ClN2O2/c1-7(11)5-12-6-8-3-2-4-9(13-8)10(14)15/h2-4,12H,1,5-6H2,(H,14,15). The van der Waals surface area contributed by atoms with Crippen LogP contribution in [0, 0.1) is 0 Å². The van der Waals surface area contributed by atoms with E-state index < -0.39 is 5.97 Å². The smallest absolute Gasteiger partial charge is 0.354 e. The molecule has 0 aliphatic carbocycles. The number of pyridine rings is 1. The SMILES string of the molecule is C=C(Cl)CNCc1cccc(C(=O)O)n1.